The molecule has 0 unspecified atom stereocenters. The molecular formula is C13H16N2O2. The van der Waals surface area contributed by atoms with Crippen molar-refractivity contribution in [2.75, 3.05) is 13.1 Å². The third-order valence-corrected chi connectivity index (χ3v) is 3.13. The van der Waals surface area contributed by atoms with E-state index in [-0.39, 0.29) is 24.2 Å². The molecule has 1 aliphatic rings. The summed E-state index contributed by atoms with van der Waals surface area (Å²) in [4.78, 5) is 24.4. The predicted octanol–water partition coefficient (Wildman–Crippen LogP) is 0.563. The van der Waals surface area contributed by atoms with Crippen molar-refractivity contribution >= 4 is 11.8 Å². The van der Waals surface area contributed by atoms with Crippen LogP contribution in [0.5, 0.6) is 0 Å². The molecule has 4 heteroatoms. The van der Waals surface area contributed by atoms with Crippen molar-refractivity contribution in [3.05, 3.63) is 35.9 Å². The van der Waals surface area contributed by atoms with E-state index in [1.165, 1.54) is 5.56 Å². The van der Waals surface area contributed by atoms with E-state index < -0.39 is 0 Å². The van der Waals surface area contributed by atoms with Gasteiger partial charge in [-0.2, -0.15) is 0 Å². The summed E-state index contributed by atoms with van der Waals surface area (Å²) in [5.74, 6) is -0.649. The van der Waals surface area contributed by atoms with Gasteiger partial charge in [0, 0.05) is 19.5 Å². The minimum Gasteiger partial charge on any atom is -0.369 e. The van der Waals surface area contributed by atoms with Crippen LogP contribution in [0.2, 0.25) is 0 Å². The van der Waals surface area contributed by atoms with E-state index in [1.54, 1.807) is 4.90 Å². The maximum absolute atomic E-state index is 11.6. The van der Waals surface area contributed by atoms with Gasteiger partial charge in [0.15, 0.2) is 0 Å². The van der Waals surface area contributed by atoms with E-state index in [0.29, 0.717) is 13.1 Å². The van der Waals surface area contributed by atoms with E-state index in [4.69, 9.17) is 5.73 Å². The van der Waals surface area contributed by atoms with Crippen molar-refractivity contribution in [1.82, 2.24) is 4.90 Å². The number of benzene rings is 1. The van der Waals surface area contributed by atoms with Gasteiger partial charge in [-0.1, -0.05) is 30.3 Å². The van der Waals surface area contributed by atoms with Crippen LogP contribution in [0.25, 0.3) is 0 Å². The van der Waals surface area contributed by atoms with Crippen molar-refractivity contribution in [2.45, 2.75) is 12.8 Å². The lowest BCUT2D eigenvalue weighted by Gasteiger charge is -2.15. The molecule has 0 spiro atoms. The van der Waals surface area contributed by atoms with E-state index in [2.05, 4.69) is 0 Å². The van der Waals surface area contributed by atoms with Crippen molar-refractivity contribution in [1.29, 1.82) is 0 Å². The van der Waals surface area contributed by atoms with Crippen LogP contribution in [0.15, 0.2) is 30.3 Å². The number of nitrogens with zero attached hydrogens (tertiary/aromatic N) is 1. The zero-order chi connectivity index (χ0) is 12.3. The molecule has 0 aromatic heterocycles. The Balaban J connectivity index is 1.88. The summed E-state index contributed by atoms with van der Waals surface area (Å²) < 4.78 is 0. The minimum absolute atomic E-state index is 0.0322. The molecule has 1 saturated heterocycles. The lowest BCUT2D eigenvalue weighted by molar-refractivity contribution is -0.128. The monoisotopic (exact) mass is 232 g/mol. The number of carbonyl (C=O) groups excluding carboxylic acids is 2. The summed E-state index contributed by atoms with van der Waals surface area (Å²) in [6.45, 7) is 1.13. The number of carbonyl (C=O) groups is 2. The third kappa shape index (κ3) is 2.84. The zero-order valence-corrected chi connectivity index (χ0v) is 9.63. The number of hydrogen-bond acceptors (Lipinski definition) is 2. The molecule has 1 aromatic rings. The number of amides is 2. The fourth-order valence-corrected chi connectivity index (χ4v) is 2.09. The summed E-state index contributed by atoms with van der Waals surface area (Å²) in [5, 5.41) is 0. The molecule has 1 atom stereocenters. The maximum Gasteiger partial charge on any atom is 0.223 e. The van der Waals surface area contributed by atoms with E-state index in [0.717, 1.165) is 6.42 Å². The molecular weight excluding hydrogens is 216 g/mol. The highest BCUT2D eigenvalue weighted by atomic mass is 16.2. The van der Waals surface area contributed by atoms with Crippen molar-refractivity contribution in [3.63, 3.8) is 0 Å². The zero-order valence-electron chi connectivity index (χ0n) is 9.63. The second-order valence-corrected chi connectivity index (χ2v) is 4.38. The van der Waals surface area contributed by atoms with Crippen LogP contribution in [-0.2, 0) is 16.0 Å². The van der Waals surface area contributed by atoms with Crippen molar-refractivity contribution in [3.8, 4) is 0 Å². The van der Waals surface area contributed by atoms with Crippen LogP contribution in [-0.4, -0.2) is 29.8 Å². The quantitative estimate of drug-likeness (QED) is 0.824. The molecule has 1 heterocycles. The fraction of sp³-hybridized carbons (Fsp3) is 0.385. The van der Waals surface area contributed by atoms with Gasteiger partial charge in [-0.15, -0.1) is 0 Å². The highest BCUT2D eigenvalue weighted by molar-refractivity contribution is 5.88. The average Bonchev–Trinajstić information content (AvgIpc) is 2.70. The van der Waals surface area contributed by atoms with Gasteiger partial charge < -0.3 is 10.6 Å². The normalized spacial score (nSPS) is 19.6. The number of primary amides is 1. The Hall–Kier alpha value is -1.84. The van der Waals surface area contributed by atoms with Gasteiger partial charge in [0.2, 0.25) is 11.8 Å². The Morgan fingerprint density at radius 1 is 1.35 bits per heavy atom. The number of rotatable bonds is 4. The first-order chi connectivity index (χ1) is 8.16. The van der Waals surface area contributed by atoms with E-state index >= 15 is 0 Å². The van der Waals surface area contributed by atoms with Crippen LogP contribution < -0.4 is 5.73 Å². The molecule has 0 bridgehead atoms. The molecule has 2 rings (SSSR count). The summed E-state index contributed by atoms with van der Waals surface area (Å²) in [6, 6.07) is 9.99. The molecule has 0 aliphatic carbocycles. The van der Waals surface area contributed by atoms with Gasteiger partial charge in [0.1, 0.15) is 0 Å². The second-order valence-electron chi connectivity index (χ2n) is 4.38. The van der Waals surface area contributed by atoms with E-state index in [1.807, 2.05) is 30.3 Å². The fourth-order valence-electron chi connectivity index (χ4n) is 2.09. The molecule has 4 nitrogen and oxygen atoms in total. The first kappa shape index (κ1) is 11.6. The predicted molar refractivity (Wildman–Crippen MR) is 64.0 cm³/mol. The van der Waals surface area contributed by atoms with Crippen LogP contribution >= 0.6 is 0 Å². The highest BCUT2D eigenvalue weighted by Gasteiger charge is 2.32. The summed E-state index contributed by atoms with van der Waals surface area (Å²) in [5.41, 5.74) is 6.41. The largest absolute Gasteiger partial charge is 0.369 e. The number of nitrogens with two attached hydrogens (primary N) is 1. The maximum atomic E-state index is 11.6. The molecule has 2 amide bonds. The van der Waals surface area contributed by atoms with Crippen LogP contribution in [0.3, 0.4) is 0 Å². The first-order valence-corrected chi connectivity index (χ1v) is 5.78. The molecule has 0 radical (unpaired) electrons. The molecule has 17 heavy (non-hydrogen) atoms. The number of hydrogen-bond donors (Lipinski definition) is 1. The Labute approximate surface area is 100 Å². The van der Waals surface area contributed by atoms with Gasteiger partial charge in [-0.3, -0.25) is 9.59 Å². The minimum atomic E-state index is -0.374. The highest BCUT2D eigenvalue weighted by Crippen LogP contribution is 2.17. The lowest BCUT2D eigenvalue weighted by atomic mass is 10.1. The number of likely N-dealkylation sites (tertiary alicyclic amines) is 1. The van der Waals surface area contributed by atoms with Gasteiger partial charge in [-0.25, -0.2) is 0 Å². The van der Waals surface area contributed by atoms with Gasteiger partial charge in [-0.05, 0) is 12.0 Å². The van der Waals surface area contributed by atoms with Crippen LogP contribution in [0, 0.1) is 5.92 Å². The van der Waals surface area contributed by atoms with E-state index in [9.17, 15) is 9.59 Å². The molecule has 2 N–H and O–H groups in total. The molecule has 0 saturated carbocycles. The summed E-state index contributed by atoms with van der Waals surface area (Å²) in [6.07, 6.45) is 1.09. The average molecular weight is 232 g/mol. The summed E-state index contributed by atoms with van der Waals surface area (Å²) in [7, 11) is 0. The molecule has 90 valence electrons. The molecule has 1 aromatic carbocycles. The molecule has 1 fully saturated rings. The Bertz CT molecular complexity index is 417. The van der Waals surface area contributed by atoms with Crippen LogP contribution in [0.1, 0.15) is 12.0 Å². The van der Waals surface area contributed by atoms with Gasteiger partial charge in [0.05, 0.1) is 5.92 Å². The standard InChI is InChI=1S/C13H16N2O2/c14-13(17)11-8-12(16)15(9-11)7-6-10-4-2-1-3-5-10/h1-5,11H,6-9H2,(H2,14,17)/t11-/m0/s1. The summed E-state index contributed by atoms with van der Waals surface area (Å²) >= 11 is 0. The third-order valence-electron chi connectivity index (χ3n) is 3.13. The Kier molecular flexibility index (Phi) is 3.42. The Morgan fingerprint density at radius 2 is 2.06 bits per heavy atom. The second kappa shape index (κ2) is 4.99. The first-order valence-electron chi connectivity index (χ1n) is 5.78. The van der Waals surface area contributed by atoms with Crippen LogP contribution in [0.4, 0.5) is 0 Å². The van der Waals surface area contributed by atoms with Crippen molar-refractivity contribution < 1.29 is 9.59 Å². The lowest BCUT2D eigenvalue weighted by Crippen LogP contribution is -2.30. The van der Waals surface area contributed by atoms with Crippen molar-refractivity contribution in [2.24, 2.45) is 11.7 Å². The SMILES string of the molecule is NC(=O)[C@H]1CC(=O)N(CCc2ccccc2)C1. The Morgan fingerprint density at radius 3 is 2.65 bits per heavy atom. The smallest absolute Gasteiger partial charge is 0.223 e. The van der Waals surface area contributed by atoms with Gasteiger partial charge in [0.25, 0.3) is 0 Å². The molecule has 1 aliphatic heterocycles. The topological polar surface area (TPSA) is 63.4 Å². The van der Waals surface area contributed by atoms with Gasteiger partial charge >= 0.3 is 0 Å².